The Balaban J connectivity index is 1.14. The van der Waals surface area contributed by atoms with Crippen LogP contribution in [0.1, 0.15) is 11.1 Å². The summed E-state index contributed by atoms with van der Waals surface area (Å²) in [7, 11) is 0. The zero-order valence-corrected chi connectivity index (χ0v) is 29.5. The molecule has 0 aliphatic rings. The van der Waals surface area contributed by atoms with E-state index in [9.17, 15) is 10.5 Å². The van der Waals surface area contributed by atoms with Crippen LogP contribution in [0.4, 0.5) is 0 Å². The number of hydrogen-bond acceptors (Lipinski definition) is 2. The van der Waals surface area contributed by atoms with Crippen LogP contribution >= 0.6 is 0 Å². The van der Waals surface area contributed by atoms with E-state index in [1.54, 1.807) is 0 Å². The van der Waals surface area contributed by atoms with Gasteiger partial charge in [-0.25, -0.2) is 0 Å². The van der Waals surface area contributed by atoms with E-state index >= 15 is 0 Å². The smallest absolute Gasteiger partial charge is 0.101 e. The maximum atomic E-state index is 10.4. The predicted molar refractivity (Wildman–Crippen MR) is 224 cm³/mol. The van der Waals surface area contributed by atoms with E-state index in [1.165, 1.54) is 10.8 Å². The van der Waals surface area contributed by atoms with Crippen molar-refractivity contribution >= 4 is 65.4 Å². The first kappa shape index (κ1) is 30.7. The molecule has 0 aliphatic heterocycles. The third-order valence-corrected chi connectivity index (χ3v) is 11.1. The molecular formula is C50H29N5. The summed E-state index contributed by atoms with van der Waals surface area (Å²) in [6.07, 6.45) is 0. The van der Waals surface area contributed by atoms with Gasteiger partial charge in [-0.1, -0.05) is 103 Å². The molecule has 0 amide bonds. The number of aromatic nitrogens is 3. The molecule has 0 bridgehead atoms. The first-order valence-electron chi connectivity index (χ1n) is 18.3. The Kier molecular flexibility index (Phi) is 6.61. The highest BCUT2D eigenvalue weighted by molar-refractivity contribution is 6.13. The Morgan fingerprint density at radius 3 is 1.47 bits per heavy atom. The van der Waals surface area contributed by atoms with E-state index < -0.39 is 0 Å². The fraction of sp³-hybridized carbons (Fsp3) is 0. The molecule has 3 aromatic heterocycles. The minimum Gasteiger partial charge on any atom is -0.309 e. The normalized spacial score (nSPS) is 11.6. The molecule has 11 rings (SSSR count). The van der Waals surface area contributed by atoms with Crippen molar-refractivity contribution in [3.63, 3.8) is 0 Å². The van der Waals surface area contributed by atoms with Crippen molar-refractivity contribution in [3.05, 3.63) is 187 Å². The second-order valence-electron chi connectivity index (χ2n) is 14.0. The molecular weight excluding hydrogens is 671 g/mol. The van der Waals surface area contributed by atoms with Gasteiger partial charge in [0, 0.05) is 49.4 Å². The molecule has 5 nitrogen and oxygen atoms in total. The average molecular weight is 700 g/mol. The minimum absolute atomic E-state index is 0.575. The van der Waals surface area contributed by atoms with Crippen LogP contribution < -0.4 is 0 Å². The molecule has 0 fully saturated rings. The molecule has 0 aliphatic carbocycles. The van der Waals surface area contributed by atoms with E-state index in [4.69, 9.17) is 0 Å². The van der Waals surface area contributed by atoms with Crippen molar-refractivity contribution in [1.29, 1.82) is 10.5 Å². The number of nitriles is 2. The summed E-state index contributed by atoms with van der Waals surface area (Å²) in [5.74, 6) is 0. The molecule has 0 saturated carbocycles. The lowest BCUT2D eigenvalue weighted by Gasteiger charge is -2.14. The summed E-state index contributed by atoms with van der Waals surface area (Å²) in [5.41, 5.74) is 12.4. The second kappa shape index (κ2) is 11.8. The Morgan fingerprint density at radius 2 is 0.836 bits per heavy atom. The van der Waals surface area contributed by atoms with Crippen molar-refractivity contribution in [2.24, 2.45) is 0 Å². The van der Waals surface area contributed by atoms with E-state index in [0.717, 1.165) is 82.8 Å². The standard InChI is InChI=1S/C50H29N5/c51-30-32-25-35(33-11-9-13-36(27-33)55-48-22-8-4-17-42(48)44-18-10-12-34(31-52)50(44)55)28-38(26-32)54-47-21-7-3-16-41(47)43-24-23-37(29-49(43)54)53-45-19-5-1-14-39(45)40-15-2-6-20-46(40)53/h1-29H. The Morgan fingerprint density at radius 1 is 0.327 bits per heavy atom. The lowest BCUT2D eigenvalue weighted by molar-refractivity contribution is 1.15. The quantitative estimate of drug-likeness (QED) is 0.184. The number of para-hydroxylation sites is 5. The minimum atomic E-state index is 0.575. The van der Waals surface area contributed by atoms with Crippen LogP contribution in [0.25, 0.3) is 93.6 Å². The average Bonchev–Trinajstić information content (AvgIpc) is 3.89. The van der Waals surface area contributed by atoms with Gasteiger partial charge in [0.2, 0.25) is 0 Å². The summed E-state index contributed by atoms with van der Waals surface area (Å²) in [5, 5.41) is 27.5. The van der Waals surface area contributed by atoms with E-state index in [-0.39, 0.29) is 0 Å². The van der Waals surface area contributed by atoms with Gasteiger partial charge in [-0.3, -0.25) is 0 Å². The molecule has 0 radical (unpaired) electrons. The molecule has 0 saturated heterocycles. The van der Waals surface area contributed by atoms with Gasteiger partial charge in [0.25, 0.3) is 0 Å². The lowest BCUT2D eigenvalue weighted by Crippen LogP contribution is -1.99. The number of fused-ring (bicyclic) bond motifs is 9. The molecule has 8 aromatic carbocycles. The molecule has 0 N–H and O–H groups in total. The number of benzene rings is 8. The van der Waals surface area contributed by atoms with Crippen molar-refractivity contribution in [3.8, 4) is 40.3 Å². The third kappa shape index (κ3) is 4.51. The third-order valence-electron chi connectivity index (χ3n) is 11.1. The molecule has 55 heavy (non-hydrogen) atoms. The highest BCUT2D eigenvalue weighted by Crippen LogP contribution is 2.39. The van der Waals surface area contributed by atoms with Gasteiger partial charge in [0.05, 0.1) is 50.3 Å². The Hall–Kier alpha value is -7.86. The Labute approximate surface area is 316 Å². The van der Waals surface area contributed by atoms with Gasteiger partial charge in [0.1, 0.15) is 6.07 Å². The lowest BCUT2D eigenvalue weighted by atomic mass is 10.0. The van der Waals surface area contributed by atoms with Gasteiger partial charge < -0.3 is 13.7 Å². The van der Waals surface area contributed by atoms with E-state index in [2.05, 4.69) is 165 Å². The van der Waals surface area contributed by atoms with Crippen LogP contribution in [0.3, 0.4) is 0 Å². The first-order valence-corrected chi connectivity index (χ1v) is 18.3. The van der Waals surface area contributed by atoms with Gasteiger partial charge in [0.15, 0.2) is 0 Å². The van der Waals surface area contributed by atoms with E-state index in [1.807, 2.05) is 36.4 Å². The maximum absolute atomic E-state index is 10.4. The molecule has 254 valence electrons. The number of rotatable bonds is 4. The number of hydrogen-bond donors (Lipinski definition) is 0. The molecule has 0 atom stereocenters. The zero-order valence-electron chi connectivity index (χ0n) is 29.5. The van der Waals surface area contributed by atoms with Gasteiger partial charge in [-0.2, -0.15) is 10.5 Å². The largest absolute Gasteiger partial charge is 0.309 e. The van der Waals surface area contributed by atoms with Gasteiger partial charge >= 0.3 is 0 Å². The summed E-state index contributed by atoms with van der Waals surface area (Å²) >= 11 is 0. The zero-order chi connectivity index (χ0) is 36.6. The fourth-order valence-corrected chi connectivity index (χ4v) is 8.75. The molecule has 5 heteroatoms. The summed E-state index contributed by atoms with van der Waals surface area (Å²) < 4.78 is 6.83. The van der Waals surface area contributed by atoms with Crippen molar-refractivity contribution in [2.75, 3.05) is 0 Å². The maximum Gasteiger partial charge on any atom is 0.101 e. The van der Waals surface area contributed by atoms with Crippen molar-refractivity contribution in [1.82, 2.24) is 13.7 Å². The van der Waals surface area contributed by atoms with Crippen molar-refractivity contribution in [2.45, 2.75) is 0 Å². The predicted octanol–water partition coefficient (Wildman–Crippen LogP) is 12.4. The fourth-order valence-electron chi connectivity index (χ4n) is 8.75. The van der Waals surface area contributed by atoms with Crippen LogP contribution in [-0.2, 0) is 0 Å². The highest BCUT2D eigenvalue weighted by Gasteiger charge is 2.19. The second-order valence-corrected chi connectivity index (χ2v) is 14.0. The van der Waals surface area contributed by atoms with Crippen LogP contribution in [-0.4, -0.2) is 13.7 Å². The Bertz CT molecular complexity index is 3420. The highest BCUT2D eigenvalue weighted by atomic mass is 15.0. The topological polar surface area (TPSA) is 62.4 Å². The van der Waals surface area contributed by atoms with E-state index in [0.29, 0.717) is 11.1 Å². The molecule has 0 unspecified atom stereocenters. The summed E-state index contributed by atoms with van der Waals surface area (Å²) in [6.45, 7) is 0. The monoisotopic (exact) mass is 699 g/mol. The molecule has 11 aromatic rings. The van der Waals surface area contributed by atoms with Gasteiger partial charge in [-0.05, 0) is 83.9 Å². The van der Waals surface area contributed by atoms with Crippen LogP contribution in [0, 0.1) is 22.7 Å². The van der Waals surface area contributed by atoms with Crippen LogP contribution in [0.2, 0.25) is 0 Å². The SMILES string of the molecule is N#Cc1cc(-c2cccc(-n3c4ccccc4c4cccc(C#N)c43)c2)cc(-n2c3ccccc3c3ccc(-n4c5ccccc5c5ccccc54)cc32)c1. The van der Waals surface area contributed by atoms with Crippen LogP contribution in [0.5, 0.6) is 0 Å². The van der Waals surface area contributed by atoms with Crippen molar-refractivity contribution < 1.29 is 0 Å². The van der Waals surface area contributed by atoms with Crippen LogP contribution in [0.15, 0.2) is 176 Å². The molecule has 0 spiro atoms. The first-order chi connectivity index (χ1) is 27.2. The number of nitrogens with zero attached hydrogens (tertiary/aromatic N) is 5. The summed E-state index contributed by atoms with van der Waals surface area (Å²) in [6, 6.07) is 66.0. The molecule has 3 heterocycles. The van der Waals surface area contributed by atoms with Gasteiger partial charge in [-0.15, -0.1) is 0 Å². The summed E-state index contributed by atoms with van der Waals surface area (Å²) in [4.78, 5) is 0.